The van der Waals surface area contributed by atoms with Crippen molar-refractivity contribution in [3.63, 3.8) is 0 Å². The maximum atomic E-state index is 13.3. The summed E-state index contributed by atoms with van der Waals surface area (Å²) < 4.78 is 31.5. The van der Waals surface area contributed by atoms with Crippen LogP contribution >= 0.6 is 0 Å². The summed E-state index contributed by atoms with van der Waals surface area (Å²) in [6.45, 7) is 10.2. The van der Waals surface area contributed by atoms with Gasteiger partial charge in [-0.2, -0.15) is 0 Å². The molecule has 0 radical (unpaired) electrons. The fraction of sp³-hybridized carbons (Fsp3) is 0.520. The minimum Gasteiger partial charge on any atom is -0.616 e. The van der Waals surface area contributed by atoms with E-state index >= 15 is 0 Å². The van der Waals surface area contributed by atoms with Crippen LogP contribution in [0.2, 0.25) is 5.04 Å². The maximum absolute atomic E-state index is 13.3. The third kappa shape index (κ3) is 3.88. The first-order chi connectivity index (χ1) is 15.1. The Morgan fingerprint density at radius 2 is 1.56 bits per heavy atom. The van der Waals surface area contributed by atoms with Crippen LogP contribution in [0.25, 0.3) is 0 Å². The Hall–Kier alpha value is -1.19. The number of rotatable bonds is 6. The molecular formula is C25H34O5SSi. The number of fused-ring (bicyclic) bond motifs is 1. The summed E-state index contributed by atoms with van der Waals surface area (Å²) in [5, 5.41) is 12.6. The van der Waals surface area contributed by atoms with Gasteiger partial charge in [0, 0.05) is 0 Å². The molecular weight excluding hydrogens is 440 g/mol. The second-order valence-corrected chi connectivity index (χ2v) is 16.4. The molecule has 1 unspecified atom stereocenters. The molecule has 0 amide bonds. The van der Waals surface area contributed by atoms with Crippen molar-refractivity contribution in [3.8, 4) is 0 Å². The predicted molar refractivity (Wildman–Crippen MR) is 130 cm³/mol. The van der Waals surface area contributed by atoms with Crippen molar-refractivity contribution in [2.24, 2.45) is 0 Å². The normalized spacial score (nSPS) is 29.8. The molecule has 0 spiro atoms. The molecule has 2 heterocycles. The van der Waals surface area contributed by atoms with Crippen molar-refractivity contribution in [2.75, 3.05) is 19.0 Å². The average molecular weight is 475 g/mol. The Morgan fingerprint density at radius 3 is 2.03 bits per heavy atom. The standard InChI is InChI=1S/C25H34O5SSi/c1-23(2,3)32(19-12-8-6-9-13-19,20-14-10-7-11-15-20)28-18-25(17-26)22-21(16-31(25)27)29-24(4,5)30-22/h6-15,21-22,26H,16-18H2,1-5H3/t21-,22-,25+,31?/m0/s1. The van der Waals surface area contributed by atoms with E-state index < -0.39 is 36.1 Å². The summed E-state index contributed by atoms with van der Waals surface area (Å²) in [5.41, 5.74) is 0. The largest absolute Gasteiger partial charge is 0.616 e. The zero-order valence-electron chi connectivity index (χ0n) is 19.5. The fourth-order valence-electron chi connectivity index (χ4n) is 5.20. The Morgan fingerprint density at radius 1 is 1.03 bits per heavy atom. The van der Waals surface area contributed by atoms with Crippen LogP contribution in [0.15, 0.2) is 60.7 Å². The van der Waals surface area contributed by atoms with Gasteiger partial charge in [-0.3, -0.25) is 0 Å². The van der Waals surface area contributed by atoms with Crippen molar-refractivity contribution in [2.45, 2.75) is 62.4 Å². The fourth-order valence-corrected chi connectivity index (χ4v) is 11.6. The summed E-state index contributed by atoms with van der Waals surface area (Å²) in [6.07, 6.45) is -0.776. The predicted octanol–water partition coefficient (Wildman–Crippen LogP) is 2.58. The lowest BCUT2D eigenvalue weighted by Gasteiger charge is -2.45. The van der Waals surface area contributed by atoms with Crippen LogP contribution in [0.4, 0.5) is 0 Å². The minimum absolute atomic E-state index is 0.143. The van der Waals surface area contributed by atoms with Crippen LogP contribution in [0.1, 0.15) is 34.6 Å². The highest BCUT2D eigenvalue weighted by Gasteiger charge is 2.67. The summed E-state index contributed by atoms with van der Waals surface area (Å²) in [4.78, 5) is 0. The molecule has 2 aliphatic heterocycles. The van der Waals surface area contributed by atoms with Crippen molar-refractivity contribution in [1.29, 1.82) is 0 Å². The van der Waals surface area contributed by atoms with Gasteiger partial charge in [-0.05, 0) is 40.4 Å². The second-order valence-electron chi connectivity index (χ2n) is 10.3. The molecule has 0 bridgehead atoms. The van der Waals surface area contributed by atoms with Crippen LogP contribution < -0.4 is 10.4 Å². The van der Waals surface area contributed by atoms with E-state index in [4.69, 9.17) is 13.9 Å². The van der Waals surface area contributed by atoms with E-state index in [-0.39, 0.29) is 24.4 Å². The molecule has 4 rings (SSSR count). The molecule has 2 fully saturated rings. The Balaban J connectivity index is 1.78. The van der Waals surface area contributed by atoms with E-state index in [0.717, 1.165) is 10.4 Å². The van der Waals surface area contributed by atoms with Gasteiger partial charge in [0.15, 0.2) is 10.5 Å². The smallest absolute Gasteiger partial charge is 0.261 e. The van der Waals surface area contributed by atoms with E-state index in [0.29, 0.717) is 5.75 Å². The van der Waals surface area contributed by atoms with Gasteiger partial charge in [0.05, 0.1) is 13.2 Å². The molecule has 32 heavy (non-hydrogen) atoms. The van der Waals surface area contributed by atoms with Crippen molar-refractivity contribution in [3.05, 3.63) is 60.7 Å². The van der Waals surface area contributed by atoms with Crippen LogP contribution in [0, 0.1) is 0 Å². The zero-order chi connectivity index (χ0) is 23.2. The third-order valence-corrected chi connectivity index (χ3v) is 13.7. The van der Waals surface area contributed by atoms with E-state index in [9.17, 15) is 9.66 Å². The topological polar surface area (TPSA) is 71.0 Å². The Kier molecular flexibility index (Phi) is 6.39. The van der Waals surface area contributed by atoms with E-state index in [1.807, 2.05) is 50.2 Å². The molecule has 1 N–H and O–H groups in total. The number of benzene rings is 2. The number of aliphatic hydroxyl groups is 1. The highest BCUT2D eigenvalue weighted by molar-refractivity contribution is 7.93. The van der Waals surface area contributed by atoms with Gasteiger partial charge in [-0.1, -0.05) is 81.4 Å². The first-order valence-corrected chi connectivity index (χ1v) is 14.4. The lowest BCUT2D eigenvalue weighted by atomic mass is 10.00. The SMILES string of the molecule is CC1(C)O[C@H]2C[S+]([O-])[C@](CO)(CO[Si](c3ccccc3)(c3ccccc3)C(C)(C)C)[C@H]2O1. The minimum atomic E-state index is -2.83. The van der Waals surface area contributed by atoms with Crippen molar-refractivity contribution in [1.82, 2.24) is 0 Å². The van der Waals surface area contributed by atoms with Gasteiger partial charge < -0.3 is 23.6 Å². The van der Waals surface area contributed by atoms with Crippen LogP contribution in [0.3, 0.4) is 0 Å². The summed E-state index contributed by atoms with van der Waals surface area (Å²) >= 11 is -1.34. The lowest BCUT2D eigenvalue weighted by molar-refractivity contribution is -0.151. The number of hydrogen-bond acceptors (Lipinski definition) is 5. The van der Waals surface area contributed by atoms with Crippen molar-refractivity contribution < 1.29 is 23.6 Å². The molecule has 2 saturated heterocycles. The molecule has 4 atom stereocenters. The molecule has 2 aromatic carbocycles. The highest BCUT2D eigenvalue weighted by atomic mass is 32.2. The third-order valence-electron chi connectivity index (χ3n) is 6.69. The molecule has 174 valence electrons. The van der Waals surface area contributed by atoms with E-state index in [1.165, 1.54) is 0 Å². The van der Waals surface area contributed by atoms with Crippen molar-refractivity contribution >= 4 is 29.9 Å². The van der Waals surface area contributed by atoms with E-state index in [1.54, 1.807) is 0 Å². The van der Waals surface area contributed by atoms with Gasteiger partial charge in [0.2, 0.25) is 0 Å². The van der Waals surface area contributed by atoms with Gasteiger partial charge >= 0.3 is 0 Å². The zero-order valence-corrected chi connectivity index (χ0v) is 21.4. The molecule has 7 heteroatoms. The maximum Gasteiger partial charge on any atom is 0.261 e. The first-order valence-electron chi connectivity index (χ1n) is 11.2. The highest BCUT2D eigenvalue weighted by Crippen LogP contribution is 2.46. The molecule has 0 saturated carbocycles. The molecule has 2 aliphatic rings. The van der Waals surface area contributed by atoms with E-state index in [2.05, 4.69) is 45.0 Å². The average Bonchev–Trinajstić information content (AvgIpc) is 3.18. The van der Waals surface area contributed by atoms with Crippen LogP contribution in [0.5, 0.6) is 0 Å². The van der Waals surface area contributed by atoms with Crippen LogP contribution in [-0.2, 0) is 25.1 Å². The Labute approximate surface area is 195 Å². The molecule has 0 aromatic heterocycles. The molecule has 0 aliphatic carbocycles. The summed E-state index contributed by atoms with van der Waals surface area (Å²) in [6, 6.07) is 20.7. The summed E-state index contributed by atoms with van der Waals surface area (Å²) in [7, 11) is -2.83. The van der Waals surface area contributed by atoms with Gasteiger partial charge in [0.1, 0.15) is 18.0 Å². The second kappa shape index (κ2) is 8.54. The number of hydrogen-bond donors (Lipinski definition) is 1. The van der Waals surface area contributed by atoms with Gasteiger partial charge in [-0.25, -0.2) is 0 Å². The quantitative estimate of drug-likeness (QED) is 0.515. The summed E-state index contributed by atoms with van der Waals surface area (Å²) in [5.74, 6) is -0.420. The Bertz CT molecular complexity index is 877. The van der Waals surface area contributed by atoms with Crippen LogP contribution in [-0.4, -0.2) is 59.7 Å². The first kappa shape index (κ1) is 23.9. The lowest BCUT2D eigenvalue weighted by Crippen LogP contribution is -2.68. The number of aliphatic hydroxyl groups excluding tert-OH is 1. The number of ether oxygens (including phenoxy) is 2. The van der Waals surface area contributed by atoms with Gasteiger partial charge in [0.25, 0.3) is 8.32 Å². The van der Waals surface area contributed by atoms with Gasteiger partial charge in [-0.15, -0.1) is 0 Å². The monoisotopic (exact) mass is 474 g/mol. The molecule has 2 aromatic rings. The molecule has 5 nitrogen and oxygen atoms in total.